The minimum atomic E-state index is -4.87. The van der Waals surface area contributed by atoms with Gasteiger partial charge in [0, 0.05) is 0 Å². The zero-order valence-electron chi connectivity index (χ0n) is 5.66. The topological polar surface area (TPSA) is 34.1 Å². The number of halogens is 3. The van der Waals surface area contributed by atoms with Crippen molar-refractivity contribution in [1.82, 2.24) is 0 Å². The van der Waals surface area contributed by atoms with E-state index in [0.717, 1.165) is 6.92 Å². The van der Waals surface area contributed by atoms with Crippen LogP contribution in [0.2, 0.25) is 0 Å². The Morgan fingerprint density at radius 3 is 1.73 bits per heavy atom. The maximum atomic E-state index is 11.3. The van der Waals surface area contributed by atoms with Crippen LogP contribution in [-0.2, 0) is 31.3 Å². The first-order valence-corrected chi connectivity index (χ1v) is 2.43. The minimum Gasteiger partial charge on any atom is -0.300 e. The third-order valence-corrected chi connectivity index (χ3v) is 0.726. The van der Waals surface area contributed by atoms with Gasteiger partial charge in [0.1, 0.15) is 5.78 Å². The molecule has 0 aromatic carbocycles. The Morgan fingerprint density at radius 2 is 1.64 bits per heavy atom. The summed E-state index contributed by atoms with van der Waals surface area (Å²) in [6.45, 7) is 0.934. The molecule has 0 radical (unpaired) electrons. The third kappa shape index (κ3) is 6.25. The second-order valence-corrected chi connectivity index (χ2v) is 1.80. The smallest absolute Gasteiger partial charge is 0.300 e. The average molecular weight is 202 g/mol. The second kappa shape index (κ2) is 4.67. The Balaban J connectivity index is 0. The molecule has 58 valence electrons. The van der Waals surface area contributed by atoms with Gasteiger partial charge in [0.05, 0.1) is 6.42 Å². The molecule has 0 N–H and O–H groups in total. The molecule has 0 aromatic heterocycles. The molecule has 0 bridgehead atoms. The van der Waals surface area contributed by atoms with E-state index in [1.807, 2.05) is 0 Å². The second-order valence-electron chi connectivity index (χ2n) is 1.80. The quantitative estimate of drug-likeness (QED) is 0.496. The molecular formula is C5H5F3O2Ti+4. The number of alkyl halides is 3. The molecule has 0 amide bonds. The van der Waals surface area contributed by atoms with Crippen molar-refractivity contribution in [2.24, 2.45) is 0 Å². The molecular weight excluding hydrogens is 197 g/mol. The van der Waals surface area contributed by atoms with Crippen LogP contribution in [0.5, 0.6) is 0 Å². The van der Waals surface area contributed by atoms with Crippen molar-refractivity contribution in [2.45, 2.75) is 19.5 Å². The summed E-state index contributed by atoms with van der Waals surface area (Å²) >= 11 is 0. The van der Waals surface area contributed by atoms with E-state index in [1.54, 1.807) is 0 Å². The van der Waals surface area contributed by atoms with Gasteiger partial charge < -0.3 is 0 Å². The van der Waals surface area contributed by atoms with Crippen molar-refractivity contribution < 1.29 is 44.5 Å². The van der Waals surface area contributed by atoms with E-state index in [0.29, 0.717) is 0 Å². The van der Waals surface area contributed by atoms with Crippen LogP contribution in [0.3, 0.4) is 0 Å². The van der Waals surface area contributed by atoms with Gasteiger partial charge in [-0.3, -0.25) is 9.59 Å². The molecule has 6 heteroatoms. The van der Waals surface area contributed by atoms with Crippen LogP contribution in [0, 0.1) is 0 Å². The first-order valence-electron chi connectivity index (χ1n) is 2.43. The Morgan fingerprint density at radius 1 is 1.27 bits per heavy atom. The van der Waals surface area contributed by atoms with Crippen molar-refractivity contribution in [3.8, 4) is 0 Å². The molecule has 0 aromatic rings. The number of Topliss-reactive ketones (excluding diaryl/α,β-unsaturated/α-hetero) is 2. The Hall–Kier alpha value is -0.156. The van der Waals surface area contributed by atoms with Gasteiger partial charge in [0.25, 0.3) is 0 Å². The van der Waals surface area contributed by atoms with Crippen LogP contribution in [0.4, 0.5) is 13.2 Å². The molecule has 2 nitrogen and oxygen atoms in total. The number of carbonyl (C=O) groups excluding carboxylic acids is 2. The molecule has 11 heavy (non-hydrogen) atoms. The van der Waals surface area contributed by atoms with Gasteiger partial charge in [-0.15, -0.1) is 0 Å². The van der Waals surface area contributed by atoms with Crippen molar-refractivity contribution >= 4 is 11.6 Å². The van der Waals surface area contributed by atoms with E-state index >= 15 is 0 Å². The maximum Gasteiger partial charge on any atom is 4.00 e. The van der Waals surface area contributed by atoms with E-state index < -0.39 is 24.2 Å². The summed E-state index contributed by atoms with van der Waals surface area (Å²) in [5.74, 6) is -2.76. The number of hydrogen-bond acceptors (Lipinski definition) is 2. The van der Waals surface area contributed by atoms with Gasteiger partial charge in [-0.25, -0.2) is 0 Å². The molecule has 0 aliphatic heterocycles. The van der Waals surface area contributed by atoms with E-state index in [2.05, 4.69) is 0 Å². The summed E-state index contributed by atoms with van der Waals surface area (Å²) in [4.78, 5) is 19.9. The number of carbonyl (C=O) groups is 2. The third-order valence-electron chi connectivity index (χ3n) is 0.726. The fourth-order valence-electron chi connectivity index (χ4n) is 0.326. The Labute approximate surface area is 76.0 Å². The van der Waals surface area contributed by atoms with Gasteiger partial charge in [0.2, 0.25) is 5.78 Å². The molecule has 0 aliphatic rings. The molecule has 0 rings (SSSR count). The first kappa shape index (κ1) is 13.4. The number of rotatable bonds is 2. The van der Waals surface area contributed by atoms with Crippen LogP contribution in [0.15, 0.2) is 0 Å². The normalized spacial score (nSPS) is 10.2. The molecule has 0 heterocycles. The minimum absolute atomic E-state index is 0. The fraction of sp³-hybridized carbons (Fsp3) is 0.600. The largest absolute Gasteiger partial charge is 4.00 e. The molecule has 0 fully saturated rings. The van der Waals surface area contributed by atoms with Crippen molar-refractivity contribution in [2.75, 3.05) is 0 Å². The number of ketones is 2. The summed E-state index contributed by atoms with van der Waals surface area (Å²) < 4.78 is 33.9. The van der Waals surface area contributed by atoms with E-state index in [9.17, 15) is 22.8 Å². The van der Waals surface area contributed by atoms with Crippen molar-refractivity contribution in [3.05, 3.63) is 0 Å². The summed E-state index contributed by atoms with van der Waals surface area (Å²) in [6, 6.07) is 0. The standard InChI is InChI=1S/C5H5F3O2.Ti/c1-3(9)2-4(10)5(6,7)8;/h2H2,1H3;/q;+4. The molecule has 0 atom stereocenters. The van der Waals surface area contributed by atoms with Crippen LogP contribution in [0.25, 0.3) is 0 Å². The molecule has 0 saturated carbocycles. The van der Waals surface area contributed by atoms with Crippen molar-refractivity contribution in [1.29, 1.82) is 0 Å². The van der Waals surface area contributed by atoms with Crippen LogP contribution >= 0.6 is 0 Å². The van der Waals surface area contributed by atoms with Crippen LogP contribution in [-0.4, -0.2) is 17.7 Å². The SMILES string of the molecule is CC(=O)CC(=O)C(F)(F)F.[Ti+4]. The monoisotopic (exact) mass is 202 g/mol. The predicted molar refractivity (Wildman–Crippen MR) is 26.4 cm³/mol. The molecule has 0 unspecified atom stereocenters. The zero-order chi connectivity index (χ0) is 8.36. The Bertz CT molecular complexity index is 164. The molecule has 0 saturated heterocycles. The maximum absolute atomic E-state index is 11.3. The molecule has 0 aliphatic carbocycles. The summed E-state index contributed by atoms with van der Waals surface area (Å²) in [7, 11) is 0. The number of hydrogen-bond donors (Lipinski definition) is 0. The van der Waals surface area contributed by atoms with Gasteiger partial charge >= 0.3 is 27.9 Å². The average Bonchev–Trinajstić information content (AvgIpc) is 1.60. The van der Waals surface area contributed by atoms with Crippen LogP contribution in [0.1, 0.15) is 13.3 Å². The van der Waals surface area contributed by atoms with Crippen molar-refractivity contribution in [3.63, 3.8) is 0 Å². The fourth-order valence-corrected chi connectivity index (χ4v) is 0.326. The predicted octanol–water partition coefficient (Wildman–Crippen LogP) is 1.09. The van der Waals surface area contributed by atoms with E-state index in [4.69, 9.17) is 0 Å². The summed E-state index contributed by atoms with van der Waals surface area (Å²) in [5.41, 5.74) is 0. The molecule has 0 spiro atoms. The van der Waals surface area contributed by atoms with Gasteiger partial charge in [0.15, 0.2) is 0 Å². The summed E-state index contributed by atoms with van der Waals surface area (Å²) in [6.07, 6.45) is -5.92. The summed E-state index contributed by atoms with van der Waals surface area (Å²) in [5, 5.41) is 0. The van der Waals surface area contributed by atoms with Gasteiger partial charge in [-0.1, -0.05) is 0 Å². The van der Waals surface area contributed by atoms with Gasteiger partial charge in [-0.2, -0.15) is 13.2 Å². The van der Waals surface area contributed by atoms with Crippen LogP contribution < -0.4 is 0 Å². The van der Waals surface area contributed by atoms with E-state index in [-0.39, 0.29) is 21.7 Å². The zero-order valence-corrected chi connectivity index (χ0v) is 7.22. The van der Waals surface area contributed by atoms with Gasteiger partial charge in [-0.05, 0) is 6.92 Å². The van der Waals surface area contributed by atoms with E-state index in [1.165, 1.54) is 0 Å². The first-order chi connectivity index (χ1) is 4.34. The Kier molecular flexibility index (Phi) is 5.70.